The molecule has 1 aromatic carbocycles. The van der Waals surface area contributed by atoms with Gasteiger partial charge in [-0.25, -0.2) is 9.07 Å². The van der Waals surface area contributed by atoms with E-state index in [9.17, 15) is 22.4 Å². The van der Waals surface area contributed by atoms with Crippen molar-refractivity contribution >= 4 is 17.4 Å². The number of fused-ring (bicyclic) bond motifs is 1. The fraction of sp³-hybridized carbons (Fsp3) is 0.294. The van der Waals surface area contributed by atoms with E-state index in [0.717, 1.165) is 18.0 Å². The van der Waals surface area contributed by atoms with Crippen LogP contribution in [0.4, 0.5) is 29.1 Å². The predicted octanol–water partition coefficient (Wildman–Crippen LogP) is 3.27. The summed E-state index contributed by atoms with van der Waals surface area (Å²) in [4.78, 5) is 13.2. The minimum absolute atomic E-state index is 0.104. The zero-order valence-electron chi connectivity index (χ0n) is 13.6. The van der Waals surface area contributed by atoms with Gasteiger partial charge in [-0.15, -0.1) is 0 Å². The molecule has 1 aliphatic heterocycles. The van der Waals surface area contributed by atoms with Crippen molar-refractivity contribution in [1.29, 1.82) is 0 Å². The largest absolute Gasteiger partial charge is 0.416 e. The summed E-state index contributed by atoms with van der Waals surface area (Å²) in [5.41, 5.74) is -0.150. The molecule has 0 radical (unpaired) electrons. The highest BCUT2D eigenvalue weighted by molar-refractivity contribution is 5.90. The number of alkyl halides is 3. The highest BCUT2D eigenvalue weighted by Gasteiger charge is 2.31. The molecule has 3 rings (SSSR count). The van der Waals surface area contributed by atoms with Crippen molar-refractivity contribution in [2.45, 2.75) is 12.7 Å². The van der Waals surface area contributed by atoms with Crippen molar-refractivity contribution in [3.8, 4) is 0 Å². The van der Waals surface area contributed by atoms with Gasteiger partial charge in [0.05, 0.1) is 11.8 Å². The van der Waals surface area contributed by atoms with Crippen LogP contribution in [-0.4, -0.2) is 28.8 Å². The Kier molecular flexibility index (Phi) is 4.71. The van der Waals surface area contributed by atoms with E-state index in [1.54, 1.807) is 16.9 Å². The monoisotopic (exact) mass is 368 g/mol. The van der Waals surface area contributed by atoms with Crippen molar-refractivity contribution in [2.24, 2.45) is 5.92 Å². The van der Waals surface area contributed by atoms with Crippen molar-refractivity contribution in [1.82, 2.24) is 15.1 Å². The molecule has 1 aliphatic rings. The van der Waals surface area contributed by atoms with E-state index in [-0.39, 0.29) is 12.5 Å². The molecule has 0 spiro atoms. The zero-order valence-corrected chi connectivity index (χ0v) is 13.6. The molecule has 1 aromatic heterocycles. The van der Waals surface area contributed by atoms with Crippen LogP contribution in [0.1, 0.15) is 5.56 Å². The normalized spacial score (nSPS) is 16.9. The molecule has 0 fully saturated rings. The first-order valence-corrected chi connectivity index (χ1v) is 7.85. The standard InChI is InChI=1S/C17H16F4N4O/c1-11(18)16(26)22-8-12-9-24(15-6-7-23-25(15)10-12)14-4-2-13(3-5-14)17(19,20)21/h2-7,12H,1,8-10H2,(H,22,26)/t12-/m1/s1. The minimum atomic E-state index is -4.40. The van der Waals surface area contributed by atoms with Crippen LogP contribution in [-0.2, 0) is 17.5 Å². The first kappa shape index (κ1) is 18.0. The van der Waals surface area contributed by atoms with E-state index in [0.29, 0.717) is 18.8 Å². The molecule has 2 aromatic rings. The average Bonchev–Trinajstić information content (AvgIpc) is 3.06. The summed E-state index contributed by atoms with van der Waals surface area (Å²) in [5, 5.41) is 6.64. The maximum Gasteiger partial charge on any atom is 0.416 e. The summed E-state index contributed by atoms with van der Waals surface area (Å²) < 4.78 is 52.7. The van der Waals surface area contributed by atoms with Crippen molar-refractivity contribution in [2.75, 3.05) is 18.0 Å². The number of hydrogen-bond donors (Lipinski definition) is 1. The van der Waals surface area contributed by atoms with Crippen LogP contribution in [0.15, 0.2) is 48.9 Å². The van der Waals surface area contributed by atoms with E-state index in [1.807, 2.05) is 4.90 Å². The van der Waals surface area contributed by atoms with Crippen LogP contribution in [0, 0.1) is 5.92 Å². The van der Waals surface area contributed by atoms with Crippen molar-refractivity contribution in [3.63, 3.8) is 0 Å². The van der Waals surface area contributed by atoms with Gasteiger partial charge in [-0.2, -0.15) is 18.3 Å². The predicted molar refractivity (Wildman–Crippen MR) is 87.4 cm³/mol. The van der Waals surface area contributed by atoms with E-state index in [1.165, 1.54) is 12.1 Å². The molecule has 138 valence electrons. The fourth-order valence-corrected chi connectivity index (χ4v) is 2.88. The van der Waals surface area contributed by atoms with Gasteiger partial charge >= 0.3 is 6.18 Å². The molecule has 26 heavy (non-hydrogen) atoms. The third-order valence-electron chi connectivity index (χ3n) is 4.15. The van der Waals surface area contributed by atoms with Gasteiger partial charge in [-0.1, -0.05) is 6.58 Å². The first-order valence-electron chi connectivity index (χ1n) is 7.85. The quantitative estimate of drug-likeness (QED) is 0.666. The van der Waals surface area contributed by atoms with E-state index in [2.05, 4.69) is 17.0 Å². The average molecular weight is 368 g/mol. The van der Waals surface area contributed by atoms with Gasteiger partial charge in [0.15, 0.2) is 5.83 Å². The van der Waals surface area contributed by atoms with E-state index >= 15 is 0 Å². The second-order valence-electron chi connectivity index (χ2n) is 6.01. The van der Waals surface area contributed by atoms with Crippen molar-refractivity contribution < 1.29 is 22.4 Å². The Morgan fingerprint density at radius 3 is 2.54 bits per heavy atom. The SMILES string of the molecule is C=C(F)C(=O)NC[C@@H]1CN(c2ccc(C(F)(F)F)cc2)c2ccnn2C1. The summed E-state index contributed by atoms with van der Waals surface area (Å²) in [6, 6.07) is 6.59. The number of nitrogens with zero attached hydrogens (tertiary/aromatic N) is 3. The maximum atomic E-state index is 12.8. The number of amides is 1. The lowest BCUT2D eigenvalue weighted by atomic mass is 10.1. The Balaban J connectivity index is 1.80. The Morgan fingerprint density at radius 1 is 1.23 bits per heavy atom. The number of benzene rings is 1. The molecule has 1 amide bonds. The van der Waals surface area contributed by atoms with Gasteiger partial charge in [0.2, 0.25) is 0 Å². The Hall–Kier alpha value is -2.84. The summed E-state index contributed by atoms with van der Waals surface area (Å²) in [6.07, 6.45) is -2.80. The highest BCUT2D eigenvalue weighted by Crippen LogP contribution is 2.34. The number of rotatable bonds is 4. The maximum absolute atomic E-state index is 12.8. The van der Waals surface area contributed by atoms with E-state index < -0.39 is 23.5 Å². The van der Waals surface area contributed by atoms with Gasteiger partial charge < -0.3 is 10.2 Å². The smallest absolute Gasteiger partial charge is 0.350 e. The molecule has 0 bridgehead atoms. The lowest BCUT2D eigenvalue weighted by Gasteiger charge is -2.35. The van der Waals surface area contributed by atoms with Gasteiger partial charge in [-0.3, -0.25) is 4.79 Å². The molecule has 0 saturated carbocycles. The molecule has 0 aliphatic carbocycles. The molecule has 5 nitrogen and oxygen atoms in total. The number of nitrogens with one attached hydrogen (secondary N) is 1. The lowest BCUT2D eigenvalue weighted by Crippen LogP contribution is -2.41. The molecule has 9 heteroatoms. The third kappa shape index (κ3) is 3.71. The zero-order chi connectivity index (χ0) is 18.9. The van der Waals surface area contributed by atoms with Crippen LogP contribution in [0.5, 0.6) is 0 Å². The molecule has 0 unspecified atom stereocenters. The van der Waals surface area contributed by atoms with Gasteiger partial charge in [0.1, 0.15) is 5.82 Å². The number of anilines is 2. The van der Waals surface area contributed by atoms with Crippen LogP contribution in [0.25, 0.3) is 0 Å². The van der Waals surface area contributed by atoms with Crippen LogP contribution >= 0.6 is 0 Å². The fourth-order valence-electron chi connectivity index (χ4n) is 2.88. The Labute approximate surface area is 146 Å². The van der Waals surface area contributed by atoms with Gasteiger partial charge in [0, 0.05) is 37.3 Å². The van der Waals surface area contributed by atoms with Gasteiger partial charge in [-0.05, 0) is 24.3 Å². The number of hydrogen-bond acceptors (Lipinski definition) is 3. The third-order valence-corrected chi connectivity index (χ3v) is 4.15. The summed E-state index contributed by atoms with van der Waals surface area (Å²) in [7, 11) is 0. The Morgan fingerprint density at radius 2 is 1.92 bits per heavy atom. The van der Waals surface area contributed by atoms with Crippen LogP contribution in [0.2, 0.25) is 0 Å². The van der Waals surface area contributed by atoms with Gasteiger partial charge in [0.25, 0.3) is 5.91 Å². The van der Waals surface area contributed by atoms with Crippen LogP contribution in [0.3, 0.4) is 0 Å². The van der Waals surface area contributed by atoms with Crippen LogP contribution < -0.4 is 10.2 Å². The number of carbonyl (C=O) groups excluding carboxylic acids is 1. The lowest BCUT2D eigenvalue weighted by molar-refractivity contribution is -0.137. The van der Waals surface area contributed by atoms with Crippen molar-refractivity contribution in [3.05, 3.63) is 54.5 Å². The topological polar surface area (TPSA) is 50.2 Å². The number of aromatic nitrogens is 2. The second kappa shape index (κ2) is 6.81. The summed E-state index contributed by atoms with van der Waals surface area (Å²) >= 11 is 0. The van der Waals surface area contributed by atoms with E-state index in [4.69, 9.17) is 0 Å². The number of carbonyl (C=O) groups is 1. The summed E-state index contributed by atoms with van der Waals surface area (Å²) in [6.45, 7) is 4.07. The first-order chi connectivity index (χ1) is 12.3. The molecular weight excluding hydrogens is 352 g/mol. The summed E-state index contributed by atoms with van der Waals surface area (Å²) in [5.74, 6) is -1.31. The highest BCUT2D eigenvalue weighted by atomic mass is 19.4. The number of halogens is 4. The Bertz CT molecular complexity index is 813. The molecule has 1 atom stereocenters. The molecule has 0 saturated heterocycles. The molecular formula is C17H16F4N4O. The molecule has 1 N–H and O–H groups in total. The molecule has 2 heterocycles. The minimum Gasteiger partial charge on any atom is -0.350 e. The second-order valence-corrected chi connectivity index (χ2v) is 6.01.